The second kappa shape index (κ2) is 3.90. The molecule has 1 aliphatic rings. The van der Waals surface area contributed by atoms with Crippen molar-refractivity contribution in [2.24, 2.45) is 0 Å². The van der Waals surface area contributed by atoms with E-state index in [-0.39, 0.29) is 5.60 Å². The van der Waals surface area contributed by atoms with Gasteiger partial charge in [0.1, 0.15) is 11.4 Å². The summed E-state index contributed by atoms with van der Waals surface area (Å²) in [5.41, 5.74) is 6.64. The van der Waals surface area contributed by atoms with E-state index in [0.717, 1.165) is 18.6 Å². The van der Waals surface area contributed by atoms with Crippen molar-refractivity contribution >= 4 is 0 Å². The third-order valence-corrected chi connectivity index (χ3v) is 4.39. The molecule has 0 radical (unpaired) electrons. The summed E-state index contributed by atoms with van der Waals surface area (Å²) >= 11 is 0. The minimum atomic E-state index is -0.202. The molecule has 1 aromatic rings. The Bertz CT molecular complexity index is 485. The van der Waals surface area contributed by atoms with Gasteiger partial charge in [0.05, 0.1) is 0 Å². The summed E-state index contributed by atoms with van der Waals surface area (Å²) in [6.45, 7) is 14.8. The van der Waals surface area contributed by atoms with Crippen molar-refractivity contribution in [3.63, 3.8) is 0 Å². The summed E-state index contributed by atoms with van der Waals surface area (Å²) in [6, 6.07) is 0. The summed E-state index contributed by atoms with van der Waals surface area (Å²) in [7, 11) is 0. The third kappa shape index (κ3) is 1.78. The summed E-state index contributed by atoms with van der Waals surface area (Å²) in [4.78, 5) is 0. The van der Waals surface area contributed by atoms with Crippen LogP contribution in [0.5, 0.6) is 5.75 Å². The summed E-state index contributed by atoms with van der Waals surface area (Å²) in [5.74, 6) is 1.10. The average Bonchev–Trinajstić information content (AvgIpc) is 2.33. The molecule has 1 atom stereocenters. The molecule has 1 aromatic carbocycles. The Kier molecular flexibility index (Phi) is 2.81. The van der Waals surface area contributed by atoms with Crippen molar-refractivity contribution in [2.45, 2.75) is 53.1 Å². The molecule has 1 aliphatic heterocycles. The molecule has 1 nitrogen and oxygen atoms in total. The Morgan fingerprint density at radius 2 is 1.65 bits per heavy atom. The Balaban J connectivity index is 2.63. The molecule has 0 saturated heterocycles. The number of hydrogen-bond acceptors (Lipinski definition) is 1. The molecule has 0 aromatic heterocycles. The van der Waals surface area contributed by atoms with E-state index in [1.807, 2.05) is 6.08 Å². The zero-order valence-electron chi connectivity index (χ0n) is 11.6. The molecule has 1 unspecified atom stereocenters. The van der Waals surface area contributed by atoms with Gasteiger partial charge in [-0.2, -0.15) is 0 Å². The van der Waals surface area contributed by atoms with Crippen LogP contribution >= 0.6 is 0 Å². The van der Waals surface area contributed by atoms with Crippen molar-refractivity contribution in [1.82, 2.24) is 0 Å². The van der Waals surface area contributed by atoms with Crippen LogP contribution in [-0.2, 0) is 6.42 Å². The molecule has 1 heterocycles. The summed E-state index contributed by atoms with van der Waals surface area (Å²) in [5, 5.41) is 0. The van der Waals surface area contributed by atoms with Crippen LogP contribution in [0, 0.1) is 27.7 Å². The van der Waals surface area contributed by atoms with Gasteiger partial charge >= 0.3 is 0 Å². The molecule has 0 aliphatic carbocycles. The minimum Gasteiger partial charge on any atom is -0.483 e. The van der Waals surface area contributed by atoms with Crippen LogP contribution in [0.25, 0.3) is 0 Å². The van der Waals surface area contributed by atoms with Crippen LogP contribution < -0.4 is 4.74 Å². The molecule has 17 heavy (non-hydrogen) atoms. The van der Waals surface area contributed by atoms with Crippen molar-refractivity contribution in [2.75, 3.05) is 0 Å². The van der Waals surface area contributed by atoms with Gasteiger partial charge in [-0.05, 0) is 81.4 Å². The lowest BCUT2D eigenvalue weighted by molar-refractivity contribution is 0.113. The number of fused-ring (bicyclic) bond motifs is 1. The predicted octanol–water partition coefficient (Wildman–Crippen LogP) is 4.19. The first-order valence-corrected chi connectivity index (χ1v) is 6.31. The highest BCUT2D eigenvalue weighted by atomic mass is 16.5. The quantitative estimate of drug-likeness (QED) is 0.657. The van der Waals surface area contributed by atoms with E-state index in [2.05, 4.69) is 41.2 Å². The van der Waals surface area contributed by atoms with E-state index in [9.17, 15) is 0 Å². The molecular formula is C16H22O. The first-order valence-electron chi connectivity index (χ1n) is 6.31. The van der Waals surface area contributed by atoms with Crippen molar-refractivity contribution < 1.29 is 4.74 Å². The van der Waals surface area contributed by atoms with Crippen molar-refractivity contribution in [1.29, 1.82) is 0 Å². The highest BCUT2D eigenvalue weighted by molar-refractivity contribution is 5.55. The lowest BCUT2D eigenvalue weighted by Crippen LogP contribution is -2.34. The van der Waals surface area contributed by atoms with Gasteiger partial charge in [-0.15, -0.1) is 0 Å². The molecule has 0 spiro atoms. The van der Waals surface area contributed by atoms with E-state index in [1.165, 1.54) is 27.8 Å². The van der Waals surface area contributed by atoms with Gasteiger partial charge < -0.3 is 4.74 Å². The fourth-order valence-electron chi connectivity index (χ4n) is 2.60. The fraction of sp³-hybridized carbons (Fsp3) is 0.500. The van der Waals surface area contributed by atoms with Crippen molar-refractivity contribution in [3.05, 3.63) is 40.5 Å². The van der Waals surface area contributed by atoms with Crippen LogP contribution in [0.3, 0.4) is 0 Å². The smallest absolute Gasteiger partial charge is 0.127 e. The fourth-order valence-corrected chi connectivity index (χ4v) is 2.60. The second-order valence-corrected chi connectivity index (χ2v) is 5.43. The summed E-state index contributed by atoms with van der Waals surface area (Å²) in [6.07, 6.45) is 4.04. The predicted molar refractivity (Wildman–Crippen MR) is 72.9 cm³/mol. The maximum atomic E-state index is 6.20. The largest absolute Gasteiger partial charge is 0.483 e. The van der Waals surface area contributed by atoms with Gasteiger partial charge in [0.2, 0.25) is 0 Å². The first-order chi connectivity index (χ1) is 7.89. The second-order valence-electron chi connectivity index (χ2n) is 5.43. The Morgan fingerprint density at radius 3 is 2.24 bits per heavy atom. The van der Waals surface area contributed by atoms with E-state index in [0.29, 0.717) is 0 Å². The normalized spacial score (nSPS) is 22.9. The molecule has 0 N–H and O–H groups in total. The van der Waals surface area contributed by atoms with Gasteiger partial charge in [0, 0.05) is 0 Å². The minimum absolute atomic E-state index is 0.202. The highest BCUT2D eigenvalue weighted by Crippen LogP contribution is 2.40. The lowest BCUT2D eigenvalue weighted by atomic mass is 9.85. The van der Waals surface area contributed by atoms with Crippen LogP contribution in [0.15, 0.2) is 12.7 Å². The standard InChI is InChI=1S/C16H22O/c1-7-16(6)9-8-14-12(4)10(2)11(3)13(5)15(14)17-16/h7H,1,8-9H2,2-6H3. The molecule has 0 bridgehead atoms. The number of rotatable bonds is 1. The number of benzene rings is 1. The average molecular weight is 230 g/mol. The molecule has 0 saturated carbocycles. The topological polar surface area (TPSA) is 9.23 Å². The molecule has 1 heteroatoms. The maximum absolute atomic E-state index is 6.20. The third-order valence-electron chi connectivity index (χ3n) is 4.39. The lowest BCUT2D eigenvalue weighted by Gasteiger charge is -2.36. The van der Waals surface area contributed by atoms with Gasteiger partial charge in [-0.3, -0.25) is 0 Å². The zero-order chi connectivity index (χ0) is 12.8. The van der Waals surface area contributed by atoms with E-state index in [1.54, 1.807) is 0 Å². The van der Waals surface area contributed by atoms with Crippen LogP contribution in [0.2, 0.25) is 0 Å². The highest BCUT2D eigenvalue weighted by Gasteiger charge is 2.31. The van der Waals surface area contributed by atoms with E-state index >= 15 is 0 Å². The molecule has 0 fully saturated rings. The zero-order valence-corrected chi connectivity index (χ0v) is 11.6. The van der Waals surface area contributed by atoms with Gasteiger partial charge in [-0.25, -0.2) is 0 Å². The Hall–Kier alpha value is -1.24. The molecule has 0 amide bonds. The van der Waals surface area contributed by atoms with Crippen molar-refractivity contribution in [3.8, 4) is 5.75 Å². The Labute approximate surface area is 104 Å². The summed E-state index contributed by atoms with van der Waals surface area (Å²) < 4.78 is 6.20. The van der Waals surface area contributed by atoms with Crippen LogP contribution in [0.4, 0.5) is 0 Å². The van der Waals surface area contributed by atoms with Gasteiger partial charge in [0.25, 0.3) is 0 Å². The van der Waals surface area contributed by atoms with Crippen LogP contribution in [0.1, 0.15) is 41.2 Å². The van der Waals surface area contributed by atoms with Crippen LogP contribution in [-0.4, -0.2) is 5.60 Å². The first kappa shape index (κ1) is 12.2. The maximum Gasteiger partial charge on any atom is 0.127 e. The Morgan fingerprint density at radius 1 is 1.06 bits per heavy atom. The van der Waals surface area contributed by atoms with Gasteiger partial charge in [-0.1, -0.05) is 6.58 Å². The molecule has 92 valence electrons. The molecule has 2 rings (SSSR count). The number of ether oxygens (including phenoxy) is 1. The SMILES string of the molecule is C=CC1(C)CCc2c(C)c(C)c(C)c(C)c2O1. The monoisotopic (exact) mass is 230 g/mol. The molecular weight excluding hydrogens is 208 g/mol. The van der Waals surface area contributed by atoms with E-state index < -0.39 is 0 Å². The van der Waals surface area contributed by atoms with E-state index in [4.69, 9.17) is 4.74 Å². The number of hydrogen-bond donors (Lipinski definition) is 0. The van der Waals surface area contributed by atoms with Gasteiger partial charge in [0.15, 0.2) is 0 Å².